The summed E-state index contributed by atoms with van der Waals surface area (Å²) in [6.45, 7) is 11.5. The molecule has 0 bridgehead atoms. The minimum atomic E-state index is 0. The molecule has 2 fully saturated rings. The quantitative estimate of drug-likeness (QED) is 0.358. The molecule has 2 unspecified atom stereocenters. The van der Waals surface area contributed by atoms with Gasteiger partial charge in [-0.25, -0.2) is 0 Å². The van der Waals surface area contributed by atoms with E-state index in [1.54, 1.807) is 0 Å². The van der Waals surface area contributed by atoms with Crippen LogP contribution in [0.3, 0.4) is 0 Å². The van der Waals surface area contributed by atoms with Crippen LogP contribution in [-0.4, -0.2) is 62.8 Å². The number of nitrogens with one attached hydrogen (secondary N) is 2. The van der Waals surface area contributed by atoms with Gasteiger partial charge in [-0.3, -0.25) is 9.89 Å². The second-order valence-corrected chi connectivity index (χ2v) is 8.49. The van der Waals surface area contributed by atoms with Crippen LogP contribution in [0.2, 0.25) is 0 Å². The first kappa shape index (κ1) is 23.4. The Balaban J connectivity index is 0.00000280. The summed E-state index contributed by atoms with van der Waals surface area (Å²) in [5.74, 6) is 0.848. The maximum absolute atomic E-state index is 6.04. The highest BCUT2D eigenvalue weighted by Gasteiger charge is 2.32. The molecule has 2 N–H and O–H groups in total. The van der Waals surface area contributed by atoms with Crippen molar-refractivity contribution in [3.63, 3.8) is 0 Å². The highest BCUT2D eigenvalue weighted by Crippen LogP contribution is 2.23. The molecule has 0 radical (unpaired) electrons. The number of ether oxygens (including phenoxy) is 1. The summed E-state index contributed by atoms with van der Waals surface area (Å²) in [6, 6.07) is 9.61. The normalized spacial score (nSPS) is 23.1. The SMILES string of the molecule is CCc1ccc(C(C)(C)CNC(=NC)NCC2CN3CCCC3CO2)cc1.I. The van der Waals surface area contributed by atoms with Crippen LogP contribution in [0.15, 0.2) is 29.3 Å². The van der Waals surface area contributed by atoms with Crippen molar-refractivity contribution in [2.75, 3.05) is 39.8 Å². The lowest BCUT2D eigenvalue weighted by Crippen LogP contribution is -2.52. The van der Waals surface area contributed by atoms with Gasteiger partial charge in [0.05, 0.1) is 12.7 Å². The average molecular weight is 500 g/mol. The van der Waals surface area contributed by atoms with E-state index in [0.29, 0.717) is 6.04 Å². The zero-order valence-corrected chi connectivity index (χ0v) is 20.2. The van der Waals surface area contributed by atoms with Crippen molar-refractivity contribution >= 4 is 29.9 Å². The molecule has 1 aromatic rings. The molecule has 3 rings (SSSR count). The van der Waals surface area contributed by atoms with Crippen molar-refractivity contribution in [3.8, 4) is 0 Å². The Morgan fingerprint density at radius 1 is 1.25 bits per heavy atom. The van der Waals surface area contributed by atoms with Gasteiger partial charge in [0.25, 0.3) is 0 Å². The fourth-order valence-electron chi connectivity index (χ4n) is 4.04. The molecule has 2 aliphatic rings. The number of aryl methyl sites for hydroxylation is 1. The Hall–Kier alpha value is -0.860. The number of fused-ring (bicyclic) bond motifs is 1. The van der Waals surface area contributed by atoms with E-state index < -0.39 is 0 Å². The van der Waals surface area contributed by atoms with E-state index in [4.69, 9.17) is 4.74 Å². The van der Waals surface area contributed by atoms with Gasteiger partial charge in [-0.1, -0.05) is 45.0 Å². The van der Waals surface area contributed by atoms with E-state index in [0.717, 1.165) is 38.6 Å². The van der Waals surface area contributed by atoms with Crippen LogP contribution in [0.1, 0.15) is 44.7 Å². The monoisotopic (exact) mass is 500 g/mol. The first-order valence-electron chi connectivity index (χ1n) is 10.4. The van der Waals surface area contributed by atoms with Crippen molar-refractivity contribution in [2.24, 2.45) is 4.99 Å². The summed E-state index contributed by atoms with van der Waals surface area (Å²) < 4.78 is 6.04. The van der Waals surface area contributed by atoms with Gasteiger partial charge in [0.1, 0.15) is 0 Å². The number of hydrogen-bond donors (Lipinski definition) is 2. The third kappa shape index (κ3) is 6.07. The minimum Gasteiger partial charge on any atom is -0.373 e. The Bertz CT molecular complexity index is 632. The second kappa shape index (κ2) is 10.8. The molecule has 6 heteroatoms. The summed E-state index contributed by atoms with van der Waals surface area (Å²) in [5.41, 5.74) is 2.76. The van der Waals surface area contributed by atoms with Crippen LogP contribution >= 0.6 is 24.0 Å². The van der Waals surface area contributed by atoms with Crippen LogP contribution < -0.4 is 10.6 Å². The van der Waals surface area contributed by atoms with Crippen molar-refractivity contribution in [1.82, 2.24) is 15.5 Å². The van der Waals surface area contributed by atoms with Crippen molar-refractivity contribution in [3.05, 3.63) is 35.4 Å². The van der Waals surface area contributed by atoms with Crippen molar-refractivity contribution < 1.29 is 4.74 Å². The first-order valence-corrected chi connectivity index (χ1v) is 10.4. The number of hydrogen-bond acceptors (Lipinski definition) is 3. The van der Waals surface area contributed by atoms with E-state index in [-0.39, 0.29) is 35.5 Å². The lowest BCUT2D eigenvalue weighted by molar-refractivity contribution is -0.0453. The van der Waals surface area contributed by atoms with E-state index in [1.165, 1.54) is 30.5 Å². The number of nitrogens with zero attached hydrogens (tertiary/aromatic N) is 2. The Morgan fingerprint density at radius 2 is 2.00 bits per heavy atom. The fraction of sp³-hybridized carbons (Fsp3) is 0.682. The number of benzene rings is 1. The van der Waals surface area contributed by atoms with Gasteiger partial charge in [-0.05, 0) is 36.9 Å². The topological polar surface area (TPSA) is 48.9 Å². The van der Waals surface area contributed by atoms with E-state index in [9.17, 15) is 0 Å². The molecule has 0 saturated carbocycles. The highest BCUT2D eigenvalue weighted by atomic mass is 127. The molecule has 1 aromatic carbocycles. The van der Waals surface area contributed by atoms with Gasteiger partial charge in [0, 0.05) is 38.1 Å². The van der Waals surface area contributed by atoms with Crippen LogP contribution in [0.4, 0.5) is 0 Å². The molecule has 2 atom stereocenters. The smallest absolute Gasteiger partial charge is 0.191 e. The largest absolute Gasteiger partial charge is 0.373 e. The molecule has 0 spiro atoms. The van der Waals surface area contributed by atoms with Gasteiger partial charge >= 0.3 is 0 Å². The predicted molar refractivity (Wildman–Crippen MR) is 128 cm³/mol. The summed E-state index contributed by atoms with van der Waals surface area (Å²) in [4.78, 5) is 6.97. The van der Waals surface area contributed by atoms with E-state index in [1.807, 2.05) is 7.05 Å². The van der Waals surface area contributed by atoms with Crippen LogP contribution in [0.25, 0.3) is 0 Å². The first-order chi connectivity index (χ1) is 13.0. The van der Waals surface area contributed by atoms with Crippen LogP contribution in [-0.2, 0) is 16.6 Å². The number of rotatable bonds is 6. The van der Waals surface area contributed by atoms with Gasteiger partial charge < -0.3 is 15.4 Å². The average Bonchev–Trinajstić information content (AvgIpc) is 3.16. The molecule has 158 valence electrons. The minimum absolute atomic E-state index is 0. The summed E-state index contributed by atoms with van der Waals surface area (Å²) in [5, 5.41) is 6.94. The maximum Gasteiger partial charge on any atom is 0.191 e. The van der Waals surface area contributed by atoms with Gasteiger partial charge in [0.15, 0.2) is 5.96 Å². The van der Waals surface area contributed by atoms with Crippen molar-refractivity contribution in [2.45, 2.75) is 57.6 Å². The lowest BCUT2D eigenvalue weighted by Gasteiger charge is -2.35. The highest BCUT2D eigenvalue weighted by molar-refractivity contribution is 14.0. The molecule has 2 saturated heterocycles. The molecule has 0 amide bonds. The standard InChI is InChI=1S/C22H36N4O.HI/c1-5-17-8-10-18(11-9-17)22(2,3)16-25-21(23-4)24-13-20-14-26-12-6-7-19(26)15-27-20;/h8-11,19-20H,5-7,12-16H2,1-4H3,(H2,23,24,25);1H. The Kier molecular flexibility index (Phi) is 9.02. The Morgan fingerprint density at radius 3 is 2.68 bits per heavy atom. The molecule has 5 nitrogen and oxygen atoms in total. The number of guanidine groups is 1. The van der Waals surface area contributed by atoms with E-state index >= 15 is 0 Å². The summed E-state index contributed by atoms with van der Waals surface area (Å²) in [7, 11) is 1.83. The molecular weight excluding hydrogens is 463 g/mol. The van der Waals surface area contributed by atoms with Crippen LogP contribution in [0, 0.1) is 0 Å². The number of halogens is 1. The summed E-state index contributed by atoms with van der Waals surface area (Å²) in [6.07, 6.45) is 3.92. The number of aliphatic imine (C=N–C) groups is 1. The third-order valence-corrected chi connectivity index (χ3v) is 6.02. The molecule has 0 aromatic heterocycles. The molecule has 2 heterocycles. The maximum atomic E-state index is 6.04. The third-order valence-electron chi connectivity index (χ3n) is 6.02. The number of morpholine rings is 1. The van der Waals surface area contributed by atoms with Gasteiger partial charge in [-0.2, -0.15) is 0 Å². The molecular formula is C22H37IN4O. The van der Waals surface area contributed by atoms with Gasteiger partial charge in [-0.15, -0.1) is 24.0 Å². The fourth-order valence-corrected chi connectivity index (χ4v) is 4.04. The molecule has 0 aliphatic carbocycles. The zero-order valence-electron chi connectivity index (χ0n) is 17.8. The lowest BCUT2D eigenvalue weighted by atomic mass is 9.84. The van der Waals surface area contributed by atoms with Crippen molar-refractivity contribution in [1.29, 1.82) is 0 Å². The van der Waals surface area contributed by atoms with Crippen LogP contribution in [0.5, 0.6) is 0 Å². The summed E-state index contributed by atoms with van der Waals surface area (Å²) >= 11 is 0. The zero-order chi connectivity index (χ0) is 19.3. The van der Waals surface area contributed by atoms with E-state index in [2.05, 4.69) is 65.6 Å². The predicted octanol–water partition coefficient (Wildman–Crippen LogP) is 3.17. The molecule has 28 heavy (non-hydrogen) atoms. The van der Waals surface area contributed by atoms with Gasteiger partial charge in [0.2, 0.25) is 0 Å². The second-order valence-electron chi connectivity index (χ2n) is 8.49. The Labute approximate surface area is 187 Å². The molecule has 2 aliphatic heterocycles.